The second kappa shape index (κ2) is 53.2. The molecule has 0 aromatic rings. The number of rotatable bonds is 55. The second-order valence-electron chi connectivity index (χ2n) is 22.5. The van der Waals surface area contributed by atoms with E-state index in [1.54, 1.807) is 0 Å². The minimum absolute atomic E-state index is 0.0634. The Labute approximate surface area is 425 Å². The predicted octanol–water partition coefficient (Wildman–Crippen LogP) is 20.3. The van der Waals surface area contributed by atoms with E-state index in [2.05, 4.69) is 41.5 Å². The van der Waals surface area contributed by atoms with Crippen molar-refractivity contribution in [1.82, 2.24) is 0 Å². The molecule has 0 radical (unpaired) electrons. The molecule has 0 bridgehead atoms. The highest BCUT2D eigenvalue weighted by Gasteiger charge is 2.19. The summed E-state index contributed by atoms with van der Waals surface area (Å²) in [7, 11) is 0. The summed E-state index contributed by atoms with van der Waals surface area (Å²) in [4.78, 5) is 38.2. The third-order valence-corrected chi connectivity index (χ3v) is 14.5. The number of hydrogen-bond donors (Lipinski definition) is 0. The van der Waals surface area contributed by atoms with Crippen molar-refractivity contribution in [2.24, 2.45) is 17.8 Å². The molecule has 2 atom stereocenters. The zero-order valence-corrected chi connectivity index (χ0v) is 46.9. The van der Waals surface area contributed by atoms with Gasteiger partial charge in [0.2, 0.25) is 0 Å². The van der Waals surface area contributed by atoms with Crippen molar-refractivity contribution in [3.8, 4) is 0 Å². The van der Waals surface area contributed by atoms with Crippen LogP contribution in [0.1, 0.15) is 343 Å². The number of carbonyl (C=O) groups is 3. The number of unbranched alkanes of at least 4 members (excludes halogenated alkanes) is 37. The van der Waals surface area contributed by atoms with E-state index in [9.17, 15) is 14.4 Å². The lowest BCUT2D eigenvalue weighted by atomic mass is 9.99. The number of hydrogen-bond acceptors (Lipinski definition) is 6. The van der Waals surface area contributed by atoms with Gasteiger partial charge in [0, 0.05) is 19.3 Å². The summed E-state index contributed by atoms with van der Waals surface area (Å²) < 4.78 is 16.9. The van der Waals surface area contributed by atoms with Crippen LogP contribution in [0.25, 0.3) is 0 Å². The van der Waals surface area contributed by atoms with Gasteiger partial charge in [-0.3, -0.25) is 14.4 Å². The Morgan fingerprint density at radius 2 is 0.515 bits per heavy atom. The maximum atomic E-state index is 12.8. The smallest absolute Gasteiger partial charge is 0.306 e. The molecule has 1 unspecified atom stereocenters. The molecule has 0 saturated carbocycles. The second-order valence-corrected chi connectivity index (χ2v) is 22.5. The molecular formula is C62H120O6. The fourth-order valence-electron chi connectivity index (χ4n) is 9.50. The molecule has 0 amide bonds. The monoisotopic (exact) mass is 961 g/mol. The zero-order valence-electron chi connectivity index (χ0n) is 46.9. The lowest BCUT2D eigenvalue weighted by molar-refractivity contribution is -0.167. The van der Waals surface area contributed by atoms with Gasteiger partial charge in [-0.25, -0.2) is 0 Å². The van der Waals surface area contributed by atoms with Crippen molar-refractivity contribution in [2.75, 3.05) is 13.2 Å². The Morgan fingerprint density at radius 1 is 0.294 bits per heavy atom. The first-order valence-corrected chi connectivity index (χ1v) is 30.6. The standard InChI is InChI=1S/C62H120O6/c1-7-58(6)50-44-38-32-26-20-16-12-10-8-9-11-13-17-21-27-33-39-45-51-60(63)66-54-59(68-62(65)53-47-41-35-29-23-25-31-37-43-49-57(4)5)55-67-61(64)52-46-40-34-28-22-18-14-15-19-24-30-36-42-48-56(2)3/h56-59H,7-55H2,1-6H3/t58?,59-/m1/s1. The molecule has 68 heavy (non-hydrogen) atoms. The van der Waals surface area contributed by atoms with Crippen molar-refractivity contribution in [3.05, 3.63) is 0 Å². The van der Waals surface area contributed by atoms with E-state index in [-0.39, 0.29) is 31.1 Å². The minimum Gasteiger partial charge on any atom is -0.462 e. The molecule has 6 heteroatoms. The molecule has 0 aromatic carbocycles. The van der Waals surface area contributed by atoms with Crippen molar-refractivity contribution < 1.29 is 28.6 Å². The summed E-state index contributed by atoms with van der Waals surface area (Å²) in [6, 6.07) is 0. The first-order valence-electron chi connectivity index (χ1n) is 30.6. The Balaban J connectivity index is 4.22. The third-order valence-electron chi connectivity index (χ3n) is 14.5. The van der Waals surface area contributed by atoms with Crippen molar-refractivity contribution in [1.29, 1.82) is 0 Å². The van der Waals surface area contributed by atoms with Gasteiger partial charge in [0.15, 0.2) is 6.10 Å². The van der Waals surface area contributed by atoms with E-state index >= 15 is 0 Å². The van der Waals surface area contributed by atoms with Gasteiger partial charge in [-0.1, -0.05) is 305 Å². The summed E-state index contributed by atoms with van der Waals surface area (Å²) in [6.07, 6.45) is 56.7. The van der Waals surface area contributed by atoms with E-state index in [1.807, 2.05) is 0 Å². The van der Waals surface area contributed by atoms with Crippen LogP contribution < -0.4 is 0 Å². The summed E-state index contributed by atoms with van der Waals surface area (Å²) in [5, 5.41) is 0. The molecule has 0 N–H and O–H groups in total. The first-order chi connectivity index (χ1) is 33.1. The highest BCUT2D eigenvalue weighted by Crippen LogP contribution is 2.19. The van der Waals surface area contributed by atoms with Crippen molar-refractivity contribution >= 4 is 17.9 Å². The van der Waals surface area contributed by atoms with Gasteiger partial charge in [-0.2, -0.15) is 0 Å². The molecule has 0 aliphatic rings. The van der Waals surface area contributed by atoms with Gasteiger partial charge in [-0.15, -0.1) is 0 Å². The van der Waals surface area contributed by atoms with Crippen LogP contribution in [0, 0.1) is 17.8 Å². The van der Waals surface area contributed by atoms with E-state index in [1.165, 1.54) is 225 Å². The molecule has 0 aliphatic carbocycles. The number of carbonyl (C=O) groups excluding carboxylic acids is 3. The van der Waals surface area contributed by atoms with E-state index in [4.69, 9.17) is 14.2 Å². The quantitative estimate of drug-likeness (QED) is 0.0343. The summed E-state index contributed by atoms with van der Waals surface area (Å²) in [5.41, 5.74) is 0. The average molecular weight is 962 g/mol. The van der Waals surface area contributed by atoms with Gasteiger partial charge < -0.3 is 14.2 Å². The van der Waals surface area contributed by atoms with Crippen LogP contribution >= 0.6 is 0 Å². The number of esters is 3. The molecule has 6 nitrogen and oxygen atoms in total. The van der Waals surface area contributed by atoms with Crippen LogP contribution in [0.4, 0.5) is 0 Å². The van der Waals surface area contributed by atoms with Crippen LogP contribution in [-0.2, 0) is 28.6 Å². The van der Waals surface area contributed by atoms with Crippen molar-refractivity contribution in [3.63, 3.8) is 0 Å². The number of ether oxygens (including phenoxy) is 3. The van der Waals surface area contributed by atoms with Crippen molar-refractivity contribution in [2.45, 2.75) is 349 Å². The summed E-state index contributed by atoms with van der Waals surface area (Å²) in [5.74, 6) is 1.71. The SMILES string of the molecule is CCC(C)CCCCCCCCCCCCCCCCCCCCC(=O)OC[C@H](COC(=O)CCCCCCCCCCCCCCCC(C)C)OC(=O)CCCCCCCCCCCC(C)C. The molecular weight excluding hydrogens is 841 g/mol. The molecule has 0 heterocycles. The molecule has 0 spiro atoms. The summed E-state index contributed by atoms with van der Waals surface area (Å²) in [6.45, 7) is 13.8. The fraction of sp³-hybridized carbons (Fsp3) is 0.952. The molecule has 404 valence electrons. The van der Waals surface area contributed by atoms with Gasteiger partial charge in [0.05, 0.1) is 0 Å². The molecule has 0 rings (SSSR count). The van der Waals surface area contributed by atoms with E-state index < -0.39 is 6.10 Å². The Kier molecular flexibility index (Phi) is 52.0. The average Bonchev–Trinajstić information content (AvgIpc) is 3.31. The zero-order chi connectivity index (χ0) is 49.8. The lowest BCUT2D eigenvalue weighted by Gasteiger charge is -2.18. The van der Waals surface area contributed by atoms with Gasteiger partial charge in [0.25, 0.3) is 0 Å². The van der Waals surface area contributed by atoms with Crippen LogP contribution in [0.2, 0.25) is 0 Å². The van der Waals surface area contributed by atoms with Crippen LogP contribution in [0.15, 0.2) is 0 Å². The normalized spacial score (nSPS) is 12.5. The van der Waals surface area contributed by atoms with E-state index in [0.29, 0.717) is 19.3 Å². The lowest BCUT2D eigenvalue weighted by Crippen LogP contribution is -2.30. The highest BCUT2D eigenvalue weighted by molar-refractivity contribution is 5.71. The minimum atomic E-state index is -0.764. The predicted molar refractivity (Wildman–Crippen MR) is 293 cm³/mol. The Bertz CT molecular complexity index is 1060. The van der Waals surface area contributed by atoms with Crippen LogP contribution in [0.5, 0.6) is 0 Å². The molecule has 0 saturated heterocycles. The third kappa shape index (κ3) is 53.8. The fourth-order valence-corrected chi connectivity index (χ4v) is 9.50. The topological polar surface area (TPSA) is 78.9 Å². The van der Waals surface area contributed by atoms with Crippen LogP contribution in [-0.4, -0.2) is 37.2 Å². The van der Waals surface area contributed by atoms with E-state index in [0.717, 1.165) is 75.5 Å². The summed E-state index contributed by atoms with van der Waals surface area (Å²) >= 11 is 0. The maximum absolute atomic E-state index is 12.8. The molecule has 0 aromatic heterocycles. The van der Waals surface area contributed by atoms with Gasteiger partial charge >= 0.3 is 17.9 Å². The maximum Gasteiger partial charge on any atom is 0.306 e. The Morgan fingerprint density at radius 3 is 0.765 bits per heavy atom. The van der Waals surface area contributed by atoms with Crippen LogP contribution in [0.3, 0.4) is 0 Å². The molecule has 0 aliphatic heterocycles. The van der Waals surface area contributed by atoms with Gasteiger partial charge in [-0.05, 0) is 37.0 Å². The first kappa shape index (κ1) is 66.4. The largest absolute Gasteiger partial charge is 0.462 e. The highest BCUT2D eigenvalue weighted by atomic mass is 16.6. The van der Waals surface area contributed by atoms with Gasteiger partial charge in [0.1, 0.15) is 13.2 Å². The molecule has 0 fully saturated rings. The Hall–Kier alpha value is -1.59.